The molecule has 4 nitrogen and oxygen atoms in total. The lowest BCUT2D eigenvalue weighted by Crippen LogP contribution is -2.41. The Hall–Kier alpha value is -0.160. The minimum atomic E-state index is -0.529. The molecule has 0 aromatic heterocycles. The summed E-state index contributed by atoms with van der Waals surface area (Å²) in [5.74, 6) is 0. The Labute approximate surface area is 86.4 Å². The van der Waals surface area contributed by atoms with Gasteiger partial charge in [0.25, 0.3) is 0 Å². The van der Waals surface area contributed by atoms with E-state index >= 15 is 0 Å². The highest BCUT2D eigenvalue weighted by molar-refractivity contribution is 4.76. The van der Waals surface area contributed by atoms with E-state index < -0.39 is 5.54 Å². The quantitative estimate of drug-likeness (QED) is 0.567. The van der Waals surface area contributed by atoms with Gasteiger partial charge in [-0.2, -0.15) is 0 Å². The molecule has 3 N–H and O–H groups in total. The fourth-order valence-corrected chi connectivity index (χ4v) is 0.829. The van der Waals surface area contributed by atoms with E-state index in [1.165, 1.54) is 0 Å². The van der Waals surface area contributed by atoms with Crippen LogP contribution in [0.5, 0.6) is 0 Å². The Kier molecular flexibility index (Phi) is 7.09. The predicted molar refractivity (Wildman–Crippen MR) is 56.2 cm³/mol. The van der Waals surface area contributed by atoms with Gasteiger partial charge in [-0.15, -0.1) is 0 Å². The molecule has 1 unspecified atom stereocenters. The van der Waals surface area contributed by atoms with Crippen molar-refractivity contribution in [3.8, 4) is 0 Å². The minimum absolute atomic E-state index is 0.0150. The number of hydrogen-bond acceptors (Lipinski definition) is 4. The van der Waals surface area contributed by atoms with Crippen molar-refractivity contribution in [3.63, 3.8) is 0 Å². The van der Waals surface area contributed by atoms with E-state index in [4.69, 9.17) is 20.3 Å². The van der Waals surface area contributed by atoms with Gasteiger partial charge in [0.05, 0.1) is 25.9 Å². The van der Waals surface area contributed by atoms with E-state index in [1.807, 2.05) is 13.8 Å². The monoisotopic (exact) mass is 205 g/mol. The highest BCUT2D eigenvalue weighted by atomic mass is 16.5. The van der Waals surface area contributed by atoms with Crippen molar-refractivity contribution in [2.24, 2.45) is 5.73 Å². The van der Waals surface area contributed by atoms with Gasteiger partial charge < -0.3 is 20.3 Å². The van der Waals surface area contributed by atoms with Gasteiger partial charge >= 0.3 is 0 Å². The Morgan fingerprint density at radius 2 is 1.93 bits per heavy atom. The number of hydrogen-bond donors (Lipinski definition) is 2. The second-order valence-electron chi connectivity index (χ2n) is 4.09. The van der Waals surface area contributed by atoms with Crippen LogP contribution in [0.15, 0.2) is 0 Å². The van der Waals surface area contributed by atoms with Crippen LogP contribution in [0.3, 0.4) is 0 Å². The van der Waals surface area contributed by atoms with E-state index in [1.54, 1.807) is 6.92 Å². The summed E-state index contributed by atoms with van der Waals surface area (Å²) in [6.07, 6.45) is 0.904. The molecule has 0 saturated heterocycles. The average Bonchev–Trinajstić information content (AvgIpc) is 2.10. The van der Waals surface area contributed by atoms with Crippen LogP contribution < -0.4 is 5.73 Å². The molecule has 0 fully saturated rings. The van der Waals surface area contributed by atoms with Gasteiger partial charge in [0.1, 0.15) is 0 Å². The Bertz CT molecular complexity index is 137. The van der Waals surface area contributed by atoms with Gasteiger partial charge in [0.15, 0.2) is 0 Å². The first kappa shape index (κ1) is 13.8. The molecule has 1 atom stereocenters. The molecule has 0 heterocycles. The average molecular weight is 205 g/mol. The molecule has 0 bridgehead atoms. The third-order valence-electron chi connectivity index (χ3n) is 1.86. The van der Waals surface area contributed by atoms with Crippen molar-refractivity contribution in [1.82, 2.24) is 0 Å². The number of aliphatic hydroxyl groups excluding tert-OH is 1. The van der Waals surface area contributed by atoms with E-state index in [9.17, 15) is 0 Å². The molecular formula is C10H23NO3. The summed E-state index contributed by atoms with van der Waals surface area (Å²) < 4.78 is 10.6. The summed E-state index contributed by atoms with van der Waals surface area (Å²) in [6.45, 7) is 7.53. The summed E-state index contributed by atoms with van der Waals surface area (Å²) in [7, 11) is 0. The van der Waals surface area contributed by atoms with E-state index in [0.717, 1.165) is 0 Å². The van der Waals surface area contributed by atoms with Crippen molar-refractivity contribution in [2.75, 3.05) is 26.4 Å². The molecule has 0 rings (SSSR count). The van der Waals surface area contributed by atoms with Gasteiger partial charge in [0, 0.05) is 12.1 Å². The van der Waals surface area contributed by atoms with Crippen LogP contribution in [0.1, 0.15) is 27.2 Å². The first-order valence-corrected chi connectivity index (χ1v) is 5.07. The normalized spacial score (nSPS) is 15.9. The van der Waals surface area contributed by atoms with Gasteiger partial charge in [-0.3, -0.25) is 0 Å². The van der Waals surface area contributed by atoms with Crippen molar-refractivity contribution in [3.05, 3.63) is 0 Å². The third-order valence-corrected chi connectivity index (χ3v) is 1.86. The highest BCUT2D eigenvalue weighted by Crippen LogP contribution is 2.03. The molecule has 0 aliphatic rings. The molecule has 0 saturated carbocycles. The molecular weight excluding hydrogens is 182 g/mol. The molecule has 0 amide bonds. The Morgan fingerprint density at radius 3 is 2.43 bits per heavy atom. The first-order chi connectivity index (χ1) is 6.48. The summed E-state index contributed by atoms with van der Waals surface area (Å²) in [5, 5.41) is 8.86. The molecule has 0 radical (unpaired) electrons. The van der Waals surface area contributed by atoms with Gasteiger partial charge in [-0.05, 0) is 27.2 Å². The molecule has 4 heteroatoms. The molecule has 0 aliphatic carbocycles. The lowest BCUT2D eigenvalue weighted by molar-refractivity contribution is 0.0137. The Morgan fingerprint density at radius 1 is 1.29 bits per heavy atom. The first-order valence-electron chi connectivity index (χ1n) is 5.07. The second kappa shape index (κ2) is 7.17. The van der Waals surface area contributed by atoms with Crippen molar-refractivity contribution >= 4 is 0 Å². The standard InChI is InChI=1S/C10H23NO3/c1-9(2)14-7-6-13-5-4-10(3,11)8-12/h9,12H,4-8,11H2,1-3H3. The van der Waals surface area contributed by atoms with Gasteiger partial charge in [0.2, 0.25) is 0 Å². The molecule has 86 valence electrons. The summed E-state index contributed by atoms with van der Waals surface area (Å²) in [4.78, 5) is 0. The molecule has 0 spiro atoms. The number of ether oxygens (including phenoxy) is 2. The number of nitrogens with two attached hydrogens (primary N) is 1. The van der Waals surface area contributed by atoms with Crippen LogP contribution in [0.4, 0.5) is 0 Å². The summed E-state index contributed by atoms with van der Waals surface area (Å²) in [6, 6.07) is 0. The highest BCUT2D eigenvalue weighted by Gasteiger charge is 2.15. The van der Waals surface area contributed by atoms with E-state index in [2.05, 4.69) is 0 Å². The zero-order chi connectivity index (χ0) is 11.0. The van der Waals surface area contributed by atoms with Crippen molar-refractivity contribution in [1.29, 1.82) is 0 Å². The number of rotatable bonds is 8. The van der Waals surface area contributed by atoms with Gasteiger partial charge in [-0.1, -0.05) is 0 Å². The summed E-state index contributed by atoms with van der Waals surface area (Å²) in [5.41, 5.74) is 5.19. The van der Waals surface area contributed by atoms with Crippen LogP contribution >= 0.6 is 0 Å². The zero-order valence-electron chi connectivity index (χ0n) is 9.45. The van der Waals surface area contributed by atoms with E-state index in [-0.39, 0.29) is 12.7 Å². The maximum Gasteiger partial charge on any atom is 0.0703 e. The fraction of sp³-hybridized carbons (Fsp3) is 1.00. The topological polar surface area (TPSA) is 64.7 Å². The van der Waals surface area contributed by atoms with Crippen LogP contribution in [0, 0.1) is 0 Å². The summed E-state index contributed by atoms with van der Waals surface area (Å²) >= 11 is 0. The molecule has 0 aromatic rings. The lowest BCUT2D eigenvalue weighted by Gasteiger charge is -2.21. The van der Waals surface area contributed by atoms with Crippen LogP contribution in [0.2, 0.25) is 0 Å². The van der Waals surface area contributed by atoms with Crippen LogP contribution in [-0.2, 0) is 9.47 Å². The van der Waals surface area contributed by atoms with Crippen LogP contribution in [0.25, 0.3) is 0 Å². The second-order valence-corrected chi connectivity index (χ2v) is 4.09. The SMILES string of the molecule is CC(C)OCCOCCC(C)(N)CO. The van der Waals surface area contributed by atoms with Crippen molar-refractivity contribution in [2.45, 2.75) is 38.8 Å². The lowest BCUT2D eigenvalue weighted by atomic mass is 10.0. The maximum absolute atomic E-state index is 8.86. The van der Waals surface area contributed by atoms with E-state index in [0.29, 0.717) is 26.2 Å². The fourth-order valence-electron chi connectivity index (χ4n) is 0.829. The maximum atomic E-state index is 8.86. The number of aliphatic hydroxyl groups is 1. The largest absolute Gasteiger partial charge is 0.394 e. The minimum Gasteiger partial charge on any atom is -0.394 e. The Balaban J connectivity index is 3.21. The molecule has 0 aliphatic heterocycles. The van der Waals surface area contributed by atoms with Gasteiger partial charge in [-0.25, -0.2) is 0 Å². The smallest absolute Gasteiger partial charge is 0.0703 e. The van der Waals surface area contributed by atoms with Crippen molar-refractivity contribution < 1.29 is 14.6 Å². The molecule has 14 heavy (non-hydrogen) atoms. The predicted octanol–water partition coefficient (Wildman–Crippen LogP) is 0.528. The van der Waals surface area contributed by atoms with Crippen LogP contribution in [-0.4, -0.2) is 43.2 Å². The molecule has 0 aromatic carbocycles. The zero-order valence-corrected chi connectivity index (χ0v) is 9.45. The third kappa shape index (κ3) is 8.44.